The van der Waals surface area contributed by atoms with E-state index in [0.717, 1.165) is 5.56 Å². The Morgan fingerprint density at radius 1 is 1.09 bits per heavy atom. The molecule has 2 aromatic carbocycles. The molecular weight excluding hydrogens is 434 g/mol. The molecule has 0 aliphatic carbocycles. The van der Waals surface area contributed by atoms with Gasteiger partial charge in [-0.25, -0.2) is 0 Å². The summed E-state index contributed by atoms with van der Waals surface area (Å²) in [7, 11) is 1.55. The van der Waals surface area contributed by atoms with E-state index in [2.05, 4.69) is 5.32 Å². The molecule has 2 fully saturated rings. The first-order chi connectivity index (χ1) is 16.5. The van der Waals surface area contributed by atoms with Crippen molar-refractivity contribution < 1.29 is 23.9 Å². The van der Waals surface area contributed by atoms with E-state index in [1.165, 1.54) is 0 Å². The molecule has 0 aromatic heterocycles. The Kier molecular flexibility index (Phi) is 7.17. The molecule has 0 saturated carbocycles. The number of carbonyl (C=O) groups is 3. The number of nitrogens with zero attached hydrogens (tertiary/aromatic N) is 2. The zero-order chi connectivity index (χ0) is 24.1. The summed E-state index contributed by atoms with van der Waals surface area (Å²) in [4.78, 5) is 42.6. The lowest BCUT2D eigenvalue weighted by atomic mass is 9.96. The molecule has 180 valence electrons. The molecule has 1 spiro atoms. The van der Waals surface area contributed by atoms with E-state index in [-0.39, 0.29) is 24.3 Å². The summed E-state index contributed by atoms with van der Waals surface area (Å²) in [6.07, 6.45) is 1.35. The fraction of sp³-hybridized carbons (Fsp3) is 0.423. The van der Waals surface area contributed by atoms with Crippen molar-refractivity contribution in [1.82, 2.24) is 15.1 Å². The van der Waals surface area contributed by atoms with Crippen LogP contribution < -0.4 is 10.1 Å². The molecular formula is C26H31N3O5. The lowest BCUT2D eigenvalue weighted by molar-refractivity contribution is -0.143. The van der Waals surface area contributed by atoms with Crippen LogP contribution in [0, 0.1) is 0 Å². The van der Waals surface area contributed by atoms with Gasteiger partial charge >= 0.3 is 0 Å². The van der Waals surface area contributed by atoms with Crippen LogP contribution in [0.15, 0.2) is 54.6 Å². The van der Waals surface area contributed by atoms with E-state index in [1.54, 1.807) is 41.2 Å². The van der Waals surface area contributed by atoms with Gasteiger partial charge in [-0.3, -0.25) is 19.3 Å². The number of nitrogens with one attached hydrogen (secondary N) is 1. The molecule has 8 nitrogen and oxygen atoms in total. The Balaban J connectivity index is 1.58. The van der Waals surface area contributed by atoms with E-state index < -0.39 is 11.8 Å². The largest absolute Gasteiger partial charge is 0.497 e. The highest BCUT2D eigenvalue weighted by atomic mass is 16.5. The highest BCUT2D eigenvalue weighted by Gasteiger charge is 2.54. The molecule has 2 saturated heterocycles. The van der Waals surface area contributed by atoms with Gasteiger partial charge in [0.1, 0.15) is 17.5 Å². The summed E-state index contributed by atoms with van der Waals surface area (Å²) in [5.41, 5.74) is 0.470. The predicted octanol–water partition coefficient (Wildman–Crippen LogP) is 2.58. The third-order valence-electron chi connectivity index (χ3n) is 6.61. The van der Waals surface area contributed by atoms with Crippen molar-refractivity contribution in [1.29, 1.82) is 0 Å². The Bertz CT molecular complexity index is 1030. The number of amides is 3. The van der Waals surface area contributed by atoms with Crippen LogP contribution in [0.5, 0.6) is 5.75 Å². The highest BCUT2D eigenvalue weighted by Crippen LogP contribution is 2.39. The molecule has 0 bridgehead atoms. The van der Waals surface area contributed by atoms with Crippen molar-refractivity contribution in [2.75, 3.05) is 26.8 Å². The first-order valence-electron chi connectivity index (χ1n) is 11.7. The first-order valence-corrected chi connectivity index (χ1v) is 11.7. The second kappa shape index (κ2) is 10.3. The molecule has 0 unspecified atom stereocenters. The Labute approximate surface area is 199 Å². The summed E-state index contributed by atoms with van der Waals surface area (Å²) < 4.78 is 11.5. The highest BCUT2D eigenvalue weighted by molar-refractivity contribution is 5.98. The van der Waals surface area contributed by atoms with Crippen LogP contribution in [-0.2, 0) is 20.9 Å². The fourth-order valence-electron chi connectivity index (χ4n) is 4.69. The summed E-state index contributed by atoms with van der Waals surface area (Å²) in [5.74, 6) is 0.0969. The first kappa shape index (κ1) is 23.8. The minimum Gasteiger partial charge on any atom is -0.497 e. The molecule has 8 heteroatoms. The monoisotopic (exact) mass is 465 g/mol. The number of benzene rings is 2. The van der Waals surface area contributed by atoms with Gasteiger partial charge < -0.3 is 19.7 Å². The van der Waals surface area contributed by atoms with Gasteiger partial charge in [0.15, 0.2) is 0 Å². The summed E-state index contributed by atoms with van der Waals surface area (Å²) >= 11 is 0. The number of methoxy groups -OCH3 is 1. The van der Waals surface area contributed by atoms with Gasteiger partial charge in [-0.05, 0) is 23.8 Å². The zero-order valence-corrected chi connectivity index (χ0v) is 19.7. The summed E-state index contributed by atoms with van der Waals surface area (Å²) in [5, 5.41) is 2.96. The van der Waals surface area contributed by atoms with Crippen molar-refractivity contribution in [3.63, 3.8) is 0 Å². The summed E-state index contributed by atoms with van der Waals surface area (Å²) in [6, 6.07) is 15.8. The lowest BCUT2D eigenvalue weighted by Gasteiger charge is -2.44. The molecule has 2 aromatic rings. The van der Waals surface area contributed by atoms with Crippen LogP contribution in [-0.4, -0.2) is 66.1 Å². The molecule has 2 heterocycles. The van der Waals surface area contributed by atoms with Crippen LogP contribution in [0.1, 0.15) is 42.1 Å². The topological polar surface area (TPSA) is 88.2 Å². The van der Waals surface area contributed by atoms with Crippen LogP contribution in [0.2, 0.25) is 0 Å². The SMILES string of the molecule is CCC(=O)N1CCC2(CC1)OC[C@@H](C(=O)NCc1ccccc1)N2C(=O)c1cccc(OC)c1. The number of hydrogen-bond donors (Lipinski definition) is 1. The molecule has 2 aliphatic rings. The molecule has 1 atom stereocenters. The predicted molar refractivity (Wildman–Crippen MR) is 126 cm³/mol. The molecule has 4 rings (SSSR count). The van der Waals surface area contributed by atoms with Gasteiger partial charge in [0.2, 0.25) is 11.8 Å². The normalized spacial score (nSPS) is 19.2. The van der Waals surface area contributed by atoms with Crippen LogP contribution >= 0.6 is 0 Å². The van der Waals surface area contributed by atoms with E-state index in [0.29, 0.717) is 50.2 Å². The quantitative estimate of drug-likeness (QED) is 0.709. The average molecular weight is 466 g/mol. The van der Waals surface area contributed by atoms with Crippen molar-refractivity contribution in [2.24, 2.45) is 0 Å². The molecule has 0 radical (unpaired) electrons. The summed E-state index contributed by atoms with van der Waals surface area (Å²) in [6.45, 7) is 3.27. The molecule has 1 N–H and O–H groups in total. The van der Waals surface area contributed by atoms with Gasteiger partial charge in [-0.15, -0.1) is 0 Å². The second-order valence-electron chi connectivity index (χ2n) is 8.62. The van der Waals surface area contributed by atoms with E-state index in [4.69, 9.17) is 9.47 Å². The van der Waals surface area contributed by atoms with Crippen LogP contribution in [0.25, 0.3) is 0 Å². The Hall–Kier alpha value is -3.39. The maximum Gasteiger partial charge on any atom is 0.257 e. The number of ether oxygens (including phenoxy) is 2. The average Bonchev–Trinajstić information content (AvgIpc) is 3.25. The number of hydrogen-bond acceptors (Lipinski definition) is 5. The number of rotatable bonds is 6. The van der Waals surface area contributed by atoms with Crippen molar-refractivity contribution >= 4 is 17.7 Å². The maximum atomic E-state index is 13.8. The third kappa shape index (κ3) is 4.77. The lowest BCUT2D eigenvalue weighted by Crippen LogP contribution is -2.59. The number of carbonyl (C=O) groups excluding carboxylic acids is 3. The van der Waals surface area contributed by atoms with Crippen molar-refractivity contribution in [3.05, 3.63) is 65.7 Å². The number of likely N-dealkylation sites (tertiary alicyclic amines) is 1. The minimum atomic E-state index is -0.931. The molecule has 34 heavy (non-hydrogen) atoms. The molecule has 2 aliphatic heterocycles. The van der Waals surface area contributed by atoms with Gasteiger partial charge in [0, 0.05) is 44.5 Å². The van der Waals surface area contributed by atoms with E-state index >= 15 is 0 Å². The number of piperidine rings is 1. The van der Waals surface area contributed by atoms with E-state index in [9.17, 15) is 14.4 Å². The Morgan fingerprint density at radius 3 is 2.50 bits per heavy atom. The zero-order valence-electron chi connectivity index (χ0n) is 19.7. The van der Waals surface area contributed by atoms with Crippen molar-refractivity contribution in [2.45, 2.75) is 44.5 Å². The fourth-order valence-corrected chi connectivity index (χ4v) is 4.69. The Morgan fingerprint density at radius 2 is 1.82 bits per heavy atom. The van der Waals surface area contributed by atoms with Gasteiger partial charge in [-0.1, -0.05) is 43.3 Å². The van der Waals surface area contributed by atoms with E-state index in [1.807, 2.05) is 37.3 Å². The van der Waals surface area contributed by atoms with Crippen molar-refractivity contribution in [3.8, 4) is 5.75 Å². The van der Waals surface area contributed by atoms with Crippen LogP contribution in [0.4, 0.5) is 0 Å². The standard InChI is InChI=1S/C26H31N3O5/c1-3-23(30)28-14-12-26(13-15-28)29(25(32)20-10-7-11-21(16-20)33-2)22(18-34-26)24(31)27-17-19-8-5-4-6-9-19/h4-11,16,22H,3,12-15,17-18H2,1-2H3,(H,27,31)/t22-/m0/s1. The van der Waals surface area contributed by atoms with Gasteiger partial charge in [0.25, 0.3) is 5.91 Å². The maximum absolute atomic E-state index is 13.8. The van der Waals surface area contributed by atoms with Crippen LogP contribution in [0.3, 0.4) is 0 Å². The minimum absolute atomic E-state index is 0.0793. The smallest absolute Gasteiger partial charge is 0.257 e. The molecule has 3 amide bonds. The van der Waals surface area contributed by atoms with Gasteiger partial charge in [0.05, 0.1) is 13.7 Å². The third-order valence-corrected chi connectivity index (χ3v) is 6.61. The van der Waals surface area contributed by atoms with Gasteiger partial charge in [-0.2, -0.15) is 0 Å². The second-order valence-corrected chi connectivity index (χ2v) is 8.62.